The molecule has 2 aromatic rings. The third-order valence-electron chi connectivity index (χ3n) is 3.70. The number of hydrogen-bond donors (Lipinski definition) is 0. The Bertz CT molecular complexity index is 855. The van der Waals surface area contributed by atoms with Crippen molar-refractivity contribution in [3.8, 4) is 11.5 Å². The molecule has 160 valence electrons. The molecule has 3 nitrogen and oxygen atoms in total. The third kappa shape index (κ3) is 6.41. The molecule has 0 amide bonds. The molecule has 0 saturated carbocycles. The van der Waals surface area contributed by atoms with Gasteiger partial charge in [-0.2, -0.15) is 26.3 Å². The summed E-state index contributed by atoms with van der Waals surface area (Å²) in [5, 5.41) is 0.217. The van der Waals surface area contributed by atoms with E-state index in [1.807, 2.05) is 0 Å². The molecule has 11 heteroatoms. The number of benzene rings is 2. The third-order valence-corrected chi connectivity index (χ3v) is 4.86. The monoisotopic (exact) mass is 446 g/mol. The van der Waals surface area contributed by atoms with Gasteiger partial charge in [0.05, 0.1) is 24.3 Å². The van der Waals surface area contributed by atoms with Crippen molar-refractivity contribution >= 4 is 19.4 Å². The summed E-state index contributed by atoms with van der Waals surface area (Å²) >= 11 is 0. The molecule has 0 aliphatic carbocycles. The zero-order chi connectivity index (χ0) is 21.8. The van der Waals surface area contributed by atoms with Gasteiger partial charge in [0, 0.05) is 10.9 Å². The number of hydrogen-bond acceptors (Lipinski definition) is 3. The molecule has 0 bridgehead atoms. The van der Waals surface area contributed by atoms with Crippen molar-refractivity contribution < 1.29 is 60.9 Å². The van der Waals surface area contributed by atoms with Gasteiger partial charge in [0.15, 0.2) is 5.52 Å². The molecule has 1 unspecified atom stereocenters. The first-order valence-corrected chi connectivity index (χ1v) is 9.47. The van der Waals surface area contributed by atoms with Gasteiger partial charge in [-0.05, 0) is 40.6 Å². The summed E-state index contributed by atoms with van der Waals surface area (Å²) in [6.07, 6.45) is -10.4. The first-order chi connectivity index (χ1) is 13.5. The Labute approximate surface area is 184 Å². The first kappa shape index (κ1) is 26.4. The van der Waals surface area contributed by atoms with E-state index in [0.717, 1.165) is 0 Å². The largest absolute Gasteiger partial charge is 1.00 e. The molecule has 2 rings (SSSR count). The Hall–Kier alpha value is -1.68. The van der Waals surface area contributed by atoms with Crippen molar-refractivity contribution in [2.24, 2.45) is 0 Å². The van der Waals surface area contributed by atoms with Crippen LogP contribution in [0.15, 0.2) is 36.4 Å². The van der Waals surface area contributed by atoms with Crippen LogP contribution in [-0.4, -0.2) is 18.7 Å². The minimum atomic E-state index is -5.18. The molecular weight excluding hydrogens is 428 g/mol. The minimum absolute atomic E-state index is 0. The van der Waals surface area contributed by atoms with Crippen LogP contribution >= 0.6 is 8.58 Å². The maximum absolute atomic E-state index is 13.5. The van der Waals surface area contributed by atoms with E-state index in [2.05, 4.69) is 0 Å². The van der Waals surface area contributed by atoms with Crippen molar-refractivity contribution in [1.82, 2.24) is 0 Å². The Morgan fingerprint density at radius 3 is 1.90 bits per heavy atom. The van der Waals surface area contributed by atoms with Gasteiger partial charge in [-0.25, -0.2) is 0 Å². The van der Waals surface area contributed by atoms with Gasteiger partial charge in [-0.1, -0.05) is 18.2 Å². The fourth-order valence-corrected chi connectivity index (χ4v) is 3.69. The summed E-state index contributed by atoms with van der Waals surface area (Å²) in [5.74, 6) is -0.378. The zero-order valence-corrected chi connectivity index (χ0v) is 17.4. The smallest absolute Gasteiger partial charge is 1.00 e. The summed E-state index contributed by atoms with van der Waals surface area (Å²) in [4.78, 5) is 12.7. The summed E-state index contributed by atoms with van der Waals surface area (Å²) < 4.78 is 91.4. The molecule has 0 aliphatic heterocycles. The Balaban J connectivity index is 0.00000450. The molecule has 0 aliphatic rings. The van der Waals surface area contributed by atoms with Gasteiger partial charge >= 0.3 is 31.2 Å². The first-order valence-electron chi connectivity index (χ1n) is 8.47. The van der Waals surface area contributed by atoms with E-state index < -0.39 is 48.9 Å². The molecule has 0 radical (unpaired) electrons. The van der Waals surface area contributed by atoms with Crippen LogP contribution in [0.5, 0.6) is 11.5 Å². The van der Waals surface area contributed by atoms with Crippen LogP contribution in [0.1, 0.15) is 36.8 Å². The fraction of sp³-hybridized carbons (Fsp3) is 0.316. The topological polar surface area (TPSA) is 35.5 Å². The summed E-state index contributed by atoms with van der Waals surface area (Å²) in [7, 11) is -0.992. The molecule has 30 heavy (non-hydrogen) atoms. The summed E-state index contributed by atoms with van der Waals surface area (Å²) in [6, 6.07) is 6.87. The molecular formula is C19H18F6LiO3P. The molecule has 2 aromatic carbocycles. The Morgan fingerprint density at radius 2 is 1.43 bits per heavy atom. The molecule has 0 heterocycles. The molecule has 0 fully saturated rings. The van der Waals surface area contributed by atoms with E-state index in [1.54, 1.807) is 13.0 Å². The number of carbonyl (C=O) groups is 1. The predicted molar refractivity (Wildman–Crippen MR) is 98.6 cm³/mol. The molecule has 0 aromatic heterocycles. The van der Waals surface area contributed by atoms with Gasteiger partial charge in [0.25, 0.3) is 0 Å². The number of halogens is 6. The van der Waals surface area contributed by atoms with Gasteiger partial charge in [-0.15, -0.1) is 0 Å². The number of para-hydroxylation sites is 1. The number of carbonyl (C=O) groups excluding carboxylic acids is 1. The van der Waals surface area contributed by atoms with E-state index in [0.29, 0.717) is 12.1 Å². The normalized spacial score (nSPS) is 12.0. The SMILES string of the molecule is CCOc1cc(C(F)(F)F)c(C(=O)Pc2ccccc2OCC)c(C(F)(F)F)c1.[H-].[Li+]. The van der Waals surface area contributed by atoms with Gasteiger partial charge in [0.1, 0.15) is 11.5 Å². The van der Waals surface area contributed by atoms with E-state index >= 15 is 0 Å². The van der Waals surface area contributed by atoms with Crippen LogP contribution < -0.4 is 33.6 Å². The van der Waals surface area contributed by atoms with Crippen molar-refractivity contribution in [3.63, 3.8) is 0 Å². The van der Waals surface area contributed by atoms with E-state index in [-0.39, 0.29) is 44.6 Å². The van der Waals surface area contributed by atoms with Crippen LogP contribution in [0.4, 0.5) is 26.3 Å². The summed E-state index contributed by atoms with van der Waals surface area (Å²) in [6.45, 7) is 3.18. The standard InChI is InChI=1S/C19H17F6O3P.Li.H/c1-3-27-11-9-12(18(20,21)22)16(13(10-11)19(23,24)25)17(26)29-15-8-6-5-7-14(15)28-4-2;;/h5-10,29H,3-4H2,1-2H3;;/q;+1;-1. The average molecular weight is 446 g/mol. The molecule has 1 atom stereocenters. The van der Waals surface area contributed by atoms with Crippen LogP contribution in [0, 0.1) is 0 Å². The van der Waals surface area contributed by atoms with Crippen LogP contribution in [-0.2, 0) is 12.4 Å². The quantitative estimate of drug-likeness (QED) is 0.373. The number of alkyl halides is 6. The van der Waals surface area contributed by atoms with E-state index in [4.69, 9.17) is 9.47 Å². The Morgan fingerprint density at radius 1 is 0.933 bits per heavy atom. The van der Waals surface area contributed by atoms with Crippen LogP contribution in [0.3, 0.4) is 0 Å². The van der Waals surface area contributed by atoms with E-state index in [1.165, 1.54) is 25.1 Å². The average Bonchev–Trinajstić information content (AvgIpc) is 2.61. The zero-order valence-electron chi connectivity index (χ0n) is 17.4. The van der Waals surface area contributed by atoms with Crippen LogP contribution in [0.25, 0.3) is 0 Å². The number of rotatable bonds is 7. The minimum Gasteiger partial charge on any atom is -1.00 e. The van der Waals surface area contributed by atoms with Crippen molar-refractivity contribution in [2.45, 2.75) is 26.2 Å². The molecule has 0 N–H and O–H groups in total. The predicted octanol–water partition coefficient (Wildman–Crippen LogP) is 2.78. The van der Waals surface area contributed by atoms with Gasteiger partial charge in [0.2, 0.25) is 0 Å². The second-order valence-corrected chi connectivity index (χ2v) is 6.95. The second kappa shape index (κ2) is 10.6. The van der Waals surface area contributed by atoms with Gasteiger partial charge in [-0.3, -0.25) is 4.79 Å². The maximum atomic E-state index is 13.5. The van der Waals surface area contributed by atoms with Crippen LogP contribution in [0.2, 0.25) is 0 Å². The fourth-order valence-electron chi connectivity index (χ4n) is 2.59. The van der Waals surface area contributed by atoms with Crippen molar-refractivity contribution in [2.75, 3.05) is 13.2 Å². The number of ether oxygens (including phenoxy) is 2. The van der Waals surface area contributed by atoms with Crippen molar-refractivity contribution in [1.29, 1.82) is 0 Å². The van der Waals surface area contributed by atoms with Gasteiger partial charge < -0.3 is 10.9 Å². The summed E-state index contributed by atoms with van der Waals surface area (Å²) in [5.41, 5.74) is -6.07. The van der Waals surface area contributed by atoms with E-state index in [9.17, 15) is 31.1 Å². The second-order valence-electron chi connectivity index (χ2n) is 5.71. The molecule has 0 spiro atoms. The Kier molecular flexibility index (Phi) is 9.28. The van der Waals surface area contributed by atoms with Crippen molar-refractivity contribution in [3.05, 3.63) is 53.1 Å². The maximum Gasteiger partial charge on any atom is 1.00 e. The molecule has 0 saturated heterocycles.